The third kappa shape index (κ3) is 4.64. The zero-order valence-electron chi connectivity index (χ0n) is 15.3. The molecule has 1 aliphatic rings. The summed E-state index contributed by atoms with van der Waals surface area (Å²) in [6.07, 6.45) is -0.0548. The van der Waals surface area contributed by atoms with Gasteiger partial charge in [0.2, 0.25) is 0 Å². The molecular weight excluding hydrogens is 348 g/mol. The molecule has 0 bridgehead atoms. The predicted molar refractivity (Wildman–Crippen MR) is 106 cm³/mol. The first kappa shape index (κ1) is 20.4. The van der Waals surface area contributed by atoms with Crippen molar-refractivity contribution >= 4 is 18.3 Å². The van der Waals surface area contributed by atoms with E-state index in [1.807, 2.05) is 47.4 Å². The van der Waals surface area contributed by atoms with E-state index in [9.17, 15) is 4.79 Å². The molecule has 1 amide bonds. The van der Waals surface area contributed by atoms with E-state index in [1.165, 1.54) is 0 Å². The number of halogens is 1. The van der Waals surface area contributed by atoms with Gasteiger partial charge in [0.15, 0.2) is 0 Å². The number of amides is 1. The summed E-state index contributed by atoms with van der Waals surface area (Å²) >= 11 is 0. The SMILES string of the molecule is CC(C)[C@H]1CN(C(=O)c2ccc(CN)cc2)C[C@@H](c2ccccc2)O1.Cl. The highest BCUT2D eigenvalue weighted by Crippen LogP contribution is 2.29. The maximum atomic E-state index is 13.0. The number of hydrogen-bond acceptors (Lipinski definition) is 3. The smallest absolute Gasteiger partial charge is 0.254 e. The summed E-state index contributed by atoms with van der Waals surface area (Å²) in [6, 6.07) is 17.7. The maximum absolute atomic E-state index is 13.0. The summed E-state index contributed by atoms with van der Waals surface area (Å²) < 4.78 is 6.28. The first-order chi connectivity index (χ1) is 12.1. The second-order valence-corrected chi connectivity index (χ2v) is 6.93. The topological polar surface area (TPSA) is 55.6 Å². The number of rotatable bonds is 4. The van der Waals surface area contributed by atoms with Crippen molar-refractivity contribution in [3.05, 3.63) is 71.3 Å². The van der Waals surface area contributed by atoms with Crippen molar-refractivity contribution in [1.29, 1.82) is 0 Å². The van der Waals surface area contributed by atoms with Gasteiger partial charge in [-0.1, -0.05) is 56.3 Å². The average molecular weight is 375 g/mol. The van der Waals surface area contributed by atoms with Gasteiger partial charge in [-0.25, -0.2) is 0 Å². The van der Waals surface area contributed by atoms with E-state index in [2.05, 4.69) is 26.0 Å². The van der Waals surface area contributed by atoms with Crippen LogP contribution in [0.25, 0.3) is 0 Å². The van der Waals surface area contributed by atoms with Crippen LogP contribution in [0, 0.1) is 5.92 Å². The van der Waals surface area contributed by atoms with Crippen LogP contribution >= 0.6 is 12.4 Å². The normalized spacial score (nSPS) is 19.9. The van der Waals surface area contributed by atoms with E-state index in [0.717, 1.165) is 11.1 Å². The Morgan fingerprint density at radius 2 is 1.77 bits per heavy atom. The molecule has 0 spiro atoms. The quantitative estimate of drug-likeness (QED) is 0.885. The van der Waals surface area contributed by atoms with Crippen molar-refractivity contribution in [2.75, 3.05) is 13.1 Å². The van der Waals surface area contributed by atoms with Gasteiger partial charge in [0, 0.05) is 18.7 Å². The van der Waals surface area contributed by atoms with Crippen molar-refractivity contribution in [1.82, 2.24) is 4.90 Å². The second-order valence-electron chi connectivity index (χ2n) is 6.93. The number of nitrogens with two attached hydrogens (primary N) is 1. The minimum Gasteiger partial charge on any atom is -0.366 e. The minimum atomic E-state index is -0.0883. The van der Waals surface area contributed by atoms with Crippen LogP contribution in [0.1, 0.15) is 41.4 Å². The van der Waals surface area contributed by atoms with E-state index in [4.69, 9.17) is 10.5 Å². The fourth-order valence-electron chi connectivity index (χ4n) is 3.14. The highest BCUT2D eigenvalue weighted by atomic mass is 35.5. The monoisotopic (exact) mass is 374 g/mol. The maximum Gasteiger partial charge on any atom is 0.254 e. The summed E-state index contributed by atoms with van der Waals surface area (Å²) in [6.45, 7) is 5.95. The van der Waals surface area contributed by atoms with Crippen LogP contribution in [0.4, 0.5) is 0 Å². The van der Waals surface area contributed by atoms with Gasteiger partial charge < -0.3 is 15.4 Å². The lowest BCUT2D eigenvalue weighted by molar-refractivity contribution is -0.0954. The molecule has 0 saturated carbocycles. The minimum absolute atomic E-state index is 0. The van der Waals surface area contributed by atoms with Crippen molar-refractivity contribution in [2.45, 2.75) is 32.6 Å². The van der Waals surface area contributed by atoms with E-state index in [1.54, 1.807) is 0 Å². The first-order valence-electron chi connectivity index (χ1n) is 8.87. The van der Waals surface area contributed by atoms with Gasteiger partial charge in [-0.2, -0.15) is 0 Å². The Labute approximate surface area is 161 Å². The zero-order valence-corrected chi connectivity index (χ0v) is 16.1. The van der Waals surface area contributed by atoms with Gasteiger partial charge in [-0.05, 0) is 29.2 Å². The first-order valence-corrected chi connectivity index (χ1v) is 8.87. The molecule has 4 nitrogen and oxygen atoms in total. The molecule has 26 heavy (non-hydrogen) atoms. The van der Waals surface area contributed by atoms with E-state index >= 15 is 0 Å². The average Bonchev–Trinajstić information content (AvgIpc) is 2.67. The molecular formula is C21H27ClN2O2. The van der Waals surface area contributed by atoms with Crippen molar-refractivity contribution in [2.24, 2.45) is 11.7 Å². The lowest BCUT2D eigenvalue weighted by atomic mass is 10.00. The van der Waals surface area contributed by atoms with Crippen LogP contribution in [-0.4, -0.2) is 30.0 Å². The predicted octanol–water partition coefficient (Wildman–Crippen LogP) is 3.81. The summed E-state index contributed by atoms with van der Waals surface area (Å²) in [5.74, 6) is 0.403. The Kier molecular flexibility index (Phi) is 7.21. The number of benzene rings is 2. The number of carbonyl (C=O) groups excluding carboxylic acids is 1. The third-order valence-corrected chi connectivity index (χ3v) is 4.76. The molecule has 3 rings (SSSR count). The molecule has 2 N–H and O–H groups in total. The molecule has 0 aromatic heterocycles. The van der Waals surface area contributed by atoms with Gasteiger partial charge in [-0.15, -0.1) is 12.4 Å². The molecule has 1 aliphatic heterocycles. The number of nitrogens with zero attached hydrogens (tertiary/aromatic N) is 1. The Balaban J connectivity index is 0.00000243. The number of ether oxygens (including phenoxy) is 1. The van der Waals surface area contributed by atoms with Crippen molar-refractivity contribution in [3.63, 3.8) is 0 Å². The molecule has 0 aliphatic carbocycles. The van der Waals surface area contributed by atoms with E-state index in [0.29, 0.717) is 31.1 Å². The van der Waals surface area contributed by atoms with Crippen LogP contribution in [0.3, 0.4) is 0 Å². The van der Waals surface area contributed by atoms with Gasteiger partial charge in [0.1, 0.15) is 6.10 Å². The third-order valence-electron chi connectivity index (χ3n) is 4.76. The summed E-state index contributed by atoms with van der Waals surface area (Å²) in [7, 11) is 0. The van der Waals surface area contributed by atoms with Gasteiger partial charge in [0.05, 0.1) is 12.6 Å². The second kappa shape index (κ2) is 9.17. The van der Waals surface area contributed by atoms with Gasteiger partial charge in [0.25, 0.3) is 5.91 Å². The summed E-state index contributed by atoms with van der Waals surface area (Å²) in [4.78, 5) is 14.9. The molecule has 140 valence electrons. The largest absolute Gasteiger partial charge is 0.366 e. The fraction of sp³-hybridized carbons (Fsp3) is 0.381. The highest BCUT2D eigenvalue weighted by Gasteiger charge is 2.33. The molecule has 5 heteroatoms. The molecule has 2 atom stereocenters. The standard InChI is InChI=1S/C21H26N2O2.ClH/c1-15(2)19-13-23(14-20(25-19)17-6-4-3-5-7-17)21(24)18-10-8-16(12-22)9-11-18;/h3-11,15,19-20H,12-14,22H2,1-2H3;1H/t19-,20+;/m1./s1. The lowest BCUT2D eigenvalue weighted by Crippen LogP contribution is -2.48. The highest BCUT2D eigenvalue weighted by molar-refractivity contribution is 5.94. The fourth-order valence-corrected chi connectivity index (χ4v) is 3.14. The Morgan fingerprint density at radius 3 is 2.35 bits per heavy atom. The summed E-state index contributed by atoms with van der Waals surface area (Å²) in [5.41, 5.74) is 8.49. The number of hydrogen-bond donors (Lipinski definition) is 1. The molecule has 2 aromatic rings. The Hall–Kier alpha value is -1.88. The lowest BCUT2D eigenvalue weighted by Gasteiger charge is -2.40. The van der Waals surface area contributed by atoms with Gasteiger partial charge >= 0.3 is 0 Å². The number of morpholine rings is 1. The van der Waals surface area contributed by atoms with Crippen LogP contribution in [0.5, 0.6) is 0 Å². The molecule has 1 saturated heterocycles. The van der Waals surface area contributed by atoms with Crippen LogP contribution in [0.2, 0.25) is 0 Å². The van der Waals surface area contributed by atoms with Crippen LogP contribution in [0.15, 0.2) is 54.6 Å². The van der Waals surface area contributed by atoms with E-state index in [-0.39, 0.29) is 30.5 Å². The zero-order chi connectivity index (χ0) is 17.8. The number of carbonyl (C=O) groups is 1. The molecule has 0 unspecified atom stereocenters. The Morgan fingerprint density at radius 1 is 1.12 bits per heavy atom. The van der Waals surface area contributed by atoms with Crippen LogP contribution < -0.4 is 5.73 Å². The van der Waals surface area contributed by atoms with Crippen LogP contribution in [-0.2, 0) is 11.3 Å². The summed E-state index contributed by atoms with van der Waals surface area (Å²) in [5, 5.41) is 0. The molecule has 0 radical (unpaired) electrons. The molecule has 1 fully saturated rings. The molecule has 2 aromatic carbocycles. The Bertz CT molecular complexity index is 704. The van der Waals surface area contributed by atoms with E-state index < -0.39 is 0 Å². The van der Waals surface area contributed by atoms with Crippen molar-refractivity contribution < 1.29 is 9.53 Å². The van der Waals surface area contributed by atoms with Crippen molar-refractivity contribution in [3.8, 4) is 0 Å². The molecule has 1 heterocycles. The van der Waals surface area contributed by atoms with Gasteiger partial charge in [-0.3, -0.25) is 4.79 Å².